The lowest BCUT2D eigenvalue weighted by molar-refractivity contribution is -0.133. The highest BCUT2D eigenvalue weighted by atomic mass is 16.5. The molecule has 148 valence electrons. The van der Waals surface area contributed by atoms with E-state index in [1.54, 1.807) is 14.2 Å². The number of hydrogen-bond donors (Lipinski definition) is 0. The third-order valence-corrected chi connectivity index (χ3v) is 5.98. The predicted molar refractivity (Wildman–Crippen MR) is 109 cm³/mol. The van der Waals surface area contributed by atoms with Crippen molar-refractivity contribution in [3.8, 4) is 11.5 Å². The summed E-state index contributed by atoms with van der Waals surface area (Å²) in [6.07, 6.45) is 3.11. The van der Waals surface area contributed by atoms with Crippen molar-refractivity contribution in [2.45, 2.75) is 31.8 Å². The van der Waals surface area contributed by atoms with Crippen LogP contribution < -0.4 is 9.47 Å². The number of fused-ring (bicyclic) bond motifs is 1. The van der Waals surface area contributed by atoms with E-state index in [-0.39, 0.29) is 11.9 Å². The fourth-order valence-electron chi connectivity index (χ4n) is 4.44. The number of nitrogens with zero attached hydrogens (tertiary/aromatic N) is 2. The van der Waals surface area contributed by atoms with Gasteiger partial charge in [-0.1, -0.05) is 30.3 Å². The van der Waals surface area contributed by atoms with Crippen LogP contribution in [0.25, 0.3) is 0 Å². The highest BCUT2D eigenvalue weighted by Crippen LogP contribution is 2.36. The van der Waals surface area contributed by atoms with Crippen LogP contribution in [0.4, 0.5) is 0 Å². The molecule has 0 N–H and O–H groups in total. The minimum absolute atomic E-state index is 0.224. The normalized spacial score (nSPS) is 19.4. The molecule has 2 aromatic rings. The van der Waals surface area contributed by atoms with Crippen LogP contribution in [0.3, 0.4) is 0 Å². The van der Waals surface area contributed by atoms with Gasteiger partial charge in [-0.15, -0.1) is 0 Å². The number of benzene rings is 2. The predicted octanol–water partition coefficient (Wildman–Crippen LogP) is 3.43. The van der Waals surface area contributed by atoms with Crippen molar-refractivity contribution in [1.29, 1.82) is 0 Å². The molecule has 1 fully saturated rings. The Morgan fingerprint density at radius 1 is 1.04 bits per heavy atom. The van der Waals surface area contributed by atoms with Crippen molar-refractivity contribution in [2.75, 3.05) is 33.9 Å². The summed E-state index contributed by atoms with van der Waals surface area (Å²) in [5.41, 5.74) is 3.84. The zero-order valence-electron chi connectivity index (χ0n) is 16.7. The van der Waals surface area contributed by atoms with E-state index in [2.05, 4.69) is 35.2 Å². The third kappa shape index (κ3) is 3.72. The molecule has 1 atom stereocenters. The van der Waals surface area contributed by atoms with Gasteiger partial charge in [0.2, 0.25) is 5.91 Å². The number of amides is 1. The molecule has 0 unspecified atom stereocenters. The van der Waals surface area contributed by atoms with Crippen LogP contribution in [0.1, 0.15) is 35.6 Å². The van der Waals surface area contributed by atoms with Gasteiger partial charge in [-0.05, 0) is 54.6 Å². The summed E-state index contributed by atoms with van der Waals surface area (Å²) >= 11 is 0. The zero-order chi connectivity index (χ0) is 19.5. The molecular weight excluding hydrogens is 352 g/mol. The van der Waals surface area contributed by atoms with Crippen LogP contribution in [0.15, 0.2) is 42.5 Å². The van der Waals surface area contributed by atoms with E-state index < -0.39 is 0 Å². The highest BCUT2D eigenvalue weighted by Gasteiger charge is 2.30. The lowest BCUT2D eigenvalue weighted by atomic mass is 10.00. The number of carbonyl (C=O) groups excluding carboxylic acids is 1. The maximum atomic E-state index is 13.0. The molecule has 0 radical (unpaired) electrons. The Labute approximate surface area is 166 Å². The summed E-state index contributed by atoms with van der Waals surface area (Å²) in [5, 5.41) is 0. The maximum absolute atomic E-state index is 13.0. The van der Waals surface area contributed by atoms with E-state index in [9.17, 15) is 4.79 Å². The average molecular weight is 380 g/mol. The van der Waals surface area contributed by atoms with E-state index >= 15 is 0 Å². The van der Waals surface area contributed by atoms with E-state index in [1.807, 2.05) is 17.0 Å². The van der Waals surface area contributed by atoms with Gasteiger partial charge in [0, 0.05) is 19.1 Å². The fourth-order valence-corrected chi connectivity index (χ4v) is 4.44. The van der Waals surface area contributed by atoms with E-state index in [0.29, 0.717) is 6.54 Å². The van der Waals surface area contributed by atoms with Gasteiger partial charge in [0.25, 0.3) is 0 Å². The quantitative estimate of drug-likeness (QED) is 0.797. The fraction of sp³-hybridized carbons (Fsp3) is 0.435. The van der Waals surface area contributed by atoms with Gasteiger partial charge in [0.05, 0.1) is 20.8 Å². The van der Waals surface area contributed by atoms with E-state index in [4.69, 9.17) is 9.47 Å². The van der Waals surface area contributed by atoms with Gasteiger partial charge in [-0.25, -0.2) is 0 Å². The van der Waals surface area contributed by atoms with Gasteiger partial charge in [-0.2, -0.15) is 0 Å². The molecule has 1 amide bonds. The van der Waals surface area contributed by atoms with Gasteiger partial charge < -0.3 is 14.4 Å². The van der Waals surface area contributed by atoms with Crippen LogP contribution in [0.5, 0.6) is 11.5 Å². The molecule has 0 aliphatic carbocycles. The largest absolute Gasteiger partial charge is 0.493 e. The highest BCUT2D eigenvalue weighted by molar-refractivity contribution is 5.78. The van der Waals surface area contributed by atoms with Crippen LogP contribution in [-0.2, 0) is 17.8 Å². The summed E-state index contributed by atoms with van der Waals surface area (Å²) in [7, 11) is 3.31. The monoisotopic (exact) mass is 380 g/mol. The van der Waals surface area contributed by atoms with Gasteiger partial charge in [0.1, 0.15) is 0 Å². The van der Waals surface area contributed by atoms with Crippen LogP contribution in [-0.4, -0.2) is 49.6 Å². The van der Waals surface area contributed by atoms with Crippen LogP contribution in [0, 0.1) is 0 Å². The molecule has 28 heavy (non-hydrogen) atoms. The second kappa shape index (κ2) is 8.23. The van der Waals surface area contributed by atoms with Crippen LogP contribution >= 0.6 is 0 Å². The average Bonchev–Trinajstić information content (AvgIpc) is 3.20. The molecule has 0 aromatic heterocycles. The second-order valence-electron chi connectivity index (χ2n) is 7.58. The van der Waals surface area contributed by atoms with Crippen molar-refractivity contribution in [2.24, 2.45) is 0 Å². The first kappa shape index (κ1) is 18.8. The summed E-state index contributed by atoms with van der Waals surface area (Å²) in [4.78, 5) is 17.3. The molecule has 4 rings (SSSR count). The number of ether oxygens (including phenoxy) is 2. The Kier molecular flexibility index (Phi) is 5.53. The van der Waals surface area contributed by atoms with Crippen molar-refractivity contribution < 1.29 is 14.3 Å². The Bertz CT molecular complexity index is 851. The summed E-state index contributed by atoms with van der Waals surface area (Å²) in [6.45, 7) is 2.96. The minimum Gasteiger partial charge on any atom is -0.493 e. The lowest BCUT2D eigenvalue weighted by Crippen LogP contribution is -2.42. The minimum atomic E-state index is 0.224. The number of methoxy groups -OCH3 is 2. The van der Waals surface area contributed by atoms with E-state index in [0.717, 1.165) is 50.4 Å². The Morgan fingerprint density at radius 3 is 2.61 bits per heavy atom. The third-order valence-electron chi connectivity index (χ3n) is 5.98. The van der Waals surface area contributed by atoms with Crippen molar-refractivity contribution in [3.05, 3.63) is 59.2 Å². The number of carbonyl (C=O) groups is 1. The van der Waals surface area contributed by atoms with Crippen LogP contribution in [0.2, 0.25) is 0 Å². The molecular formula is C23H28N2O3. The molecule has 0 saturated carbocycles. The molecule has 5 heteroatoms. The first-order valence-corrected chi connectivity index (χ1v) is 10.00. The van der Waals surface area contributed by atoms with E-state index in [1.165, 1.54) is 16.7 Å². The summed E-state index contributed by atoms with van der Waals surface area (Å²) < 4.78 is 10.8. The lowest BCUT2D eigenvalue weighted by Gasteiger charge is -2.32. The number of rotatable bonds is 5. The molecule has 2 aromatic carbocycles. The standard InChI is InChI=1S/C23H28N2O3/c1-27-21-10-9-18(14-22(21)28-2)20-8-5-12-24(20)16-23(26)25-13-11-17-6-3-4-7-19(17)15-25/h3-4,6-7,9-10,14,20H,5,8,11-13,15-16H2,1-2H3/t20-/m1/s1. The summed E-state index contributed by atoms with van der Waals surface area (Å²) in [5.74, 6) is 1.70. The Morgan fingerprint density at radius 2 is 1.82 bits per heavy atom. The second-order valence-corrected chi connectivity index (χ2v) is 7.58. The van der Waals surface area contributed by atoms with Crippen molar-refractivity contribution in [3.63, 3.8) is 0 Å². The smallest absolute Gasteiger partial charge is 0.237 e. The van der Waals surface area contributed by atoms with Gasteiger partial charge in [0.15, 0.2) is 11.5 Å². The Balaban J connectivity index is 1.45. The summed E-state index contributed by atoms with van der Waals surface area (Å²) in [6, 6.07) is 14.8. The Hall–Kier alpha value is -2.53. The van der Waals surface area contributed by atoms with Gasteiger partial charge in [-0.3, -0.25) is 9.69 Å². The van der Waals surface area contributed by atoms with Gasteiger partial charge >= 0.3 is 0 Å². The topological polar surface area (TPSA) is 42.0 Å². The van der Waals surface area contributed by atoms with Crippen molar-refractivity contribution in [1.82, 2.24) is 9.80 Å². The number of likely N-dealkylation sites (tertiary alicyclic amines) is 1. The molecule has 2 aliphatic heterocycles. The first-order valence-electron chi connectivity index (χ1n) is 10.00. The maximum Gasteiger partial charge on any atom is 0.237 e. The number of hydrogen-bond acceptors (Lipinski definition) is 4. The zero-order valence-corrected chi connectivity index (χ0v) is 16.7. The molecule has 0 bridgehead atoms. The SMILES string of the molecule is COc1ccc([C@H]2CCCN2CC(=O)N2CCc3ccccc3C2)cc1OC. The molecule has 0 spiro atoms. The molecule has 2 aliphatic rings. The molecule has 5 nitrogen and oxygen atoms in total. The molecule has 1 saturated heterocycles. The van der Waals surface area contributed by atoms with Crippen molar-refractivity contribution >= 4 is 5.91 Å². The molecule has 2 heterocycles. The first-order chi connectivity index (χ1) is 13.7.